The van der Waals surface area contributed by atoms with Gasteiger partial charge in [-0.15, -0.1) is 0 Å². The molecule has 128 valence electrons. The lowest BCUT2D eigenvalue weighted by Gasteiger charge is -2.08. The summed E-state index contributed by atoms with van der Waals surface area (Å²) in [6.07, 6.45) is 3.46. The first-order valence-corrected chi connectivity index (χ1v) is 8.29. The third kappa shape index (κ3) is 4.53. The fourth-order valence-corrected chi connectivity index (χ4v) is 2.53. The fourth-order valence-electron chi connectivity index (χ4n) is 2.21. The van der Waals surface area contributed by atoms with Gasteiger partial charge in [0.25, 0.3) is 0 Å². The highest BCUT2D eigenvalue weighted by Gasteiger charge is 2.02. The Morgan fingerprint density at radius 2 is 2.04 bits per heavy atom. The van der Waals surface area contributed by atoms with Crippen molar-refractivity contribution in [3.05, 3.63) is 75.5 Å². The number of hydrogen-bond acceptors (Lipinski definition) is 4. The van der Waals surface area contributed by atoms with E-state index in [2.05, 4.69) is 10.1 Å². The second-order valence-corrected chi connectivity index (χ2v) is 6.25. The average Bonchev–Trinajstić information content (AvgIpc) is 2.92. The molecule has 3 aromatic rings. The molecule has 25 heavy (non-hydrogen) atoms. The van der Waals surface area contributed by atoms with Crippen molar-refractivity contribution >= 4 is 35.4 Å². The molecular formula is C18H16Cl2N4O. The van der Waals surface area contributed by atoms with Crippen LogP contribution in [0.3, 0.4) is 0 Å². The molecule has 0 radical (unpaired) electrons. The van der Waals surface area contributed by atoms with E-state index < -0.39 is 0 Å². The Morgan fingerprint density at radius 1 is 1.20 bits per heavy atom. The molecule has 1 aromatic heterocycles. The second kappa shape index (κ2) is 7.59. The number of rotatable bonds is 5. The van der Waals surface area contributed by atoms with Gasteiger partial charge in [0.15, 0.2) is 0 Å². The maximum atomic E-state index is 6.01. The lowest BCUT2D eigenvalue weighted by atomic mass is 10.2. The third-order valence-electron chi connectivity index (χ3n) is 3.41. The first-order chi connectivity index (χ1) is 12.0. The summed E-state index contributed by atoms with van der Waals surface area (Å²) in [5, 5.41) is 5.33. The van der Waals surface area contributed by atoms with Crippen molar-refractivity contribution in [2.45, 2.75) is 13.5 Å². The van der Waals surface area contributed by atoms with Gasteiger partial charge in [-0.25, -0.2) is 9.66 Å². The largest absolute Gasteiger partial charge is 0.489 e. The molecule has 0 aliphatic rings. The van der Waals surface area contributed by atoms with E-state index in [0.717, 1.165) is 22.6 Å². The number of aryl methyl sites for hydroxylation is 1. The van der Waals surface area contributed by atoms with Crippen molar-refractivity contribution in [1.29, 1.82) is 0 Å². The van der Waals surface area contributed by atoms with Crippen molar-refractivity contribution in [2.24, 2.45) is 5.10 Å². The molecule has 0 spiro atoms. The van der Waals surface area contributed by atoms with E-state index >= 15 is 0 Å². The van der Waals surface area contributed by atoms with Crippen molar-refractivity contribution in [3.63, 3.8) is 0 Å². The van der Waals surface area contributed by atoms with Crippen LogP contribution in [0.15, 0.2) is 53.8 Å². The number of benzene rings is 2. The quantitative estimate of drug-likeness (QED) is 0.666. The van der Waals surface area contributed by atoms with Crippen molar-refractivity contribution in [2.75, 3.05) is 5.73 Å². The van der Waals surface area contributed by atoms with Gasteiger partial charge in [0.05, 0.1) is 28.2 Å². The highest BCUT2D eigenvalue weighted by atomic mass is 35.5. The van der Waals surface area contributed by atoms with Crippen molar-refractivity contribution in [1.82, 2.24) is 9.66 Å². The van der Waals surface area contributed by atoms with E-state index in [1.54, 1.807) is 24.5 Å². The monoisotopic (exact) mass is 374 g/mol. The van der Waals surface area contributed by atoms with Crippen LogP contribution in [0.1, 0.15) is 16.8 Å². The number of anilines is 1. The lowest BCUT2D eigenvalue weighted by molar-refractivity contribution is 0.306. The summed E-state index contributed by atoms with van der Waals surface area (Å²) in [6, 6.07) is 13.0. The van der Waals surface area contributed by atoms with Gasteiger partial charge in [0, 0.05) is 0 Å². The van der Waals surface area contributed by atoms with Crippen molar-refractivity contribution < 1.29 is 4.74 Å². The van der Waals surface area contributed by atoms with Crippen LogP contribution in [-0.2, 0) is 6.61 Å². The summed E-state index contributed by atoms with van der Waals surface area (Å²) in [4.78, 5) is 4.10. The number of ether oxygens (including phenoxy) is 1. The maximum Gasteiger partial charge on any atom is 0.221 e. The molecule has 1 heterocycles. The molecule has 0 unspecified atom stereocenters. The Morgan fingerprint density at radius 3 is 2.76 bits per heavy atom. The zero-order chi connectivity index (χ0) is 17.8. The molecule has 3 rings (SSSR count). The molecule has 0 bridgehead atoms. The summed E-state index contributed by atoms with van der Waals surface area (Å²) in [5.41, 5.74) is 8.40. The molecule has 2 N–H and O–H groups in total. The lowest BCUT2D eigenvalue weighted by Crippen LogP contribution is -1.98. The summed E-state index contributed by atoms with van der Waals surface area (Å²) >= 11 is 11.9. The molecule has 7 heteroatoms. The molecule has 2 aromatic carbocycles. The summed E-state index contributed by atoms with van der Waals surface area (Å²) in [6.45, 7) is 2.25. The summed E-state index contributed by atoms with van der Waals surface area (Å²) in [7, 11) is 0. The van der Waals surface area contributed by atoms with Gasteiger partial charge < -0.3 is 10.5 Å². The Labute approximate surface area is 155 Å². The number of imidazole rings is 1. The van der Waals surface area contributed by atoms with Crippen LogP contribution in [-0.4, -0.2) is 15.9 Å². The van der Waals surface area contributed by atoms with Crippen LogP contribution < -0.4 is 10.5 Å². The maximum absolute atomic E-state index is 6.01. The smallest absolute Gasteiger partial charge is 0.221 e. The summed E-state index contributed by atoms with van der Waals surface area (Å²) in [5.74, 6) is 1.07. The first-order valence-electron chi connectivity index (χ1n) is 7.54. The van der Waals surface area contributed by atoms with Crippen LogP contribution in [0.2, 0.25) is 10.0 Å². The Balaban J connectivity index is 1.68. The van der Waals surface area contributed by atoms with Gasteiger partial charge in [0.2, 0.25) is 5.95 Å². The minimum atomic E-state index is 0.348. The van der Waals surface area contributed by atoms with E-state index in [1.165, 1.54) is 4.68 Å². The SMILES string of the molecule is Cc1cn(N=Cc2cccc(OCc3ccc(Cl)c(Cl)c3)c2)c(N)n1. The normalized spacial score (nSPS) is 11.2. The van der Waals surface area contributed by atoms with E-state index in [0.29, 0.717) is 22.6 Å². The number of hydrogen-bond donors (Lipinski definition) is 1. The van der Waals surface area contributed by atoms with E-state index in [9.17, 15) is 0 Å². The van der Waals surface area contributed by atoms with Gasteiger partial charge in [-0.05, 0) is 42.3 Å². The van der Waals surface area contributed by atoms with Gasteiger partial charge in [-0.3, -0.25) is 0 Å². The molecule has 0 saturated carbocycles. The number of nitrogens with two attached hydrogens (primary N) is 1. The predicted octanol–water partition coefficient (Wildman–Crippen LogP) is 4.54. The van der Waals surface area contributed by atoms with Gasteiger partial charge in [-0.2, -0.15) is 5.10 Å². The molecular weight excluding hydrogens is 359 g/mol. The minimum absolute atomic E-state index is 0.348. The summed E-state index contributed by atoms with van der Waals surface area (Å²) < 4.78 is 7.33. The molecule has 0 fully saturated rings. The van der Waals surface area contributed by atoms with E-state index in [-0.39, 0.29) is 0 Å². The Bertz CT molecular complexity index is 921. The highest BCUT2D eigenvalue weighted by molar-refractivity contribution is 6.42. The zero-order valence-corrected chi connectivity index (χ0v) is 15.0. The molecule has 0 aliphatic heterocycles. The molecule has 0 amide bonds. The van der Waals surface area contributed by atoms with Gasteiger partial charge in [-0.1, -0.05) is 41.4 Å². The highest BCUT2D eigenvalue weighted by Crippen LogP contribution is 2.23. The fraction of sp³-hybridized carbons (Fsp3) is 0.111. The van der Waals surface area contributed by atoms with Crippen LogP contribution in [0.5, 0.6) is 5.75 Å². The third-order valence-corrected chi connectivity index (χ3v) is 4.15. The van der Waals surface area contributed by atoms with E-state index in [4.69, 9.17) is 33.7 Å². The molecule has 0 aliphatic carbocycles. The number of aromatic nitrogens is 2. The molecule has 5 nitrogen and oxygen atoms in total. The standard InChI is InChI=1S/C18H16Cl2N4O/c1-12-10-24(18(21)23-12)22-9-13-3-2-4-15(7-13)25-11-14-5-6-16(19)17(20)8-14/h2-10H,11H2,1H3,(H2,21,23). The van der Waals surface area contributed by atoms with Crippen LogP contribution in [0, 0.1) is 6.92 Å². The minimum Gasteiger partial charge on any atom is -0.489 e. The number of halogens is 2. The van der Waals surface area contributed by atoms with Gasteiger partial charge >= 0.3 is 0 Å². The number of nitrogens with zero attached hydrogens (tertiary/aromatic N) is 3. The molecule has 0 atom stereocenters. The van der Waals surface area contributed by atoms with Crippen LogP contribution in [0.25, 0.3) is 0 Å². The van der Waals surface area contributed by atoms with Crippen molar-refractivity contribution in [3.8, 4) is 5.75 Å². The topological polar surface area (TPSA) is 65.4 Å². The van der Waals surface area contributed by atoms with Crippen LogP contribution in [0.4, 0.5) is 5.95 Å². The van der Waals surface area contributed by atoms with Gasteiger partial charge in [0.1, 0.15) is 12.4 Å². The average molecular weight is 375 g/mol. The zero-order valence-electron chi connectivity index (χ0n) is 13.5. The number of nitrogen functional groups attached to an aromatic ring is 1. The Kier molecular flexibility index (Phi) is 5.26. The predicted molar refractivity (Wildman–Crippen MR) is 102 cm³/mol. The first kappa shape index (κ1) is 17.3. The Hall–Kier alpha value is -2.50. The van der Waals surface area contributed by atoms with Crippen LogP contribution >= 0.6 is 23.2 Å². The second-order valence-electron chi connectivity index (χ2n) is 5.44. The molecule has 0 saturated heterocycles. The van der Waals surface area contributed by atoms with E-state index in [1.807, 2.05) is 37.3 Å².